The number of unbranched alkanes of at least 4 members (excludes halogenated alkanes) is 3. The largest absolute Gasteiger partial charge is 0.484 e. The normalized spacial score (nSPS) is 10.1. The van der Waals surface area contributed by atoms with Gasteiger partial charge in [0, 0.05) is 6.54 Å². The molecule has 18 heavy (non-hydrogen) atoms. The Kier molecular flexibility index (Phi) is 6.92. The van der Waals surface area contributed by atoms with E-state index in [1.807, 2.05) is 31.2 Å². The summed E-state index contributed by atoms with van der Waals surface area (Å²) in [6.45, 7) is 5.04. The standard InChI is InChI=1S/C15H23NO2/c1-3-4-5-6-11-16-15(17)12-18-14-9-7-13(2)8-10-14/h7-10H,3-6,11-12H2,1-2H3,(H,16,17). The Bertz CT molecular complexity index is 346. The average molecular weight is 249 g/mol. The summed E-state index contributed by atoms with van der Waals surface area (Å²) >= 11 is 0. The molecular weight excluding hydrogens is 226 g/mol. The smallest absolute Gasteiger partial charge is 0.257 e. The van der Waals surface area contributed by atoms with Crippen LogP contribution in [0.15, 0.2) is 24.3 Å². The van der Waals surface area contributed by atoms with E-state index in [9.17, 15) is 4.79 Å². The van der Waals surface area contributed by atoms with E-state index in [4.69, 9.17) is 4.74 Å². The van der Waals surface area contributed by atoms with Crippen LogP contribution < -0.4 is 10.1 Å². The lowest BCUT2D eigenvalue weighted by molar-refractivity contribution is -0.123. The number of amides is 1. The average Bonchev–Trinajstić information content (AvgIpc) is 2.38. The van der Waals surface area contributed by atoms with Crippen LogP contribution in [0.4, 0.5) is 0 Å². The molecule has 0 saturated carbocycles. The molecule has 0 aliphatic carbocycles. The molecule has 0 saturated heterocycles. The first-order valence-electron chi connectivity index (χ1n) is 6.68. The van der Waals surface area contributed by atoms with Gasteiger partial charge in [0.2, 0.25) is 0 Å². The second-order valence-corrected chi connectivity index (χ2v) is 4.51. The second-order valence-electron chi connectivity index (χ2n) is 4.51. The highest BCUT2D eigenvalue weighted by Crippen LogP contribution is 2.10. The van der Waals surface area contributed by atoms with Gasteiger partial charge >= 0.3 is 0 Å². The Balaban J connectivity index is 2.11. The zero-order valence-corrected chi connectivity index (χ0v) is 11.4. The van der Waals surface area contributed by atoms with Gasteiger partial charge in [-0.15, -0.1) is 0 Å². The molecule has 0 unspecified atom stereocenters. The summed E-state index contributed by atoms with van der Waals surface area (Å²) in [5, 5.41) is 2.86. The third-order valence-corrected chi connectivity index (χ3v) is 2.74. The van der Waals surface area contributed by atoms with Crippen molar-refractivity contribution in [3.63, 3.8) is 0 Å². The molecule has 0 aromatic heterocycles. The van der Waals surface area contributed by atoms with Crippen LogP contribution in [0.5, 0.6) is 5.75 Å². The van der Waals surface area contributed by atoms with Gasteiger partial charge < -0.3 is 10.1 Å². The van der Waals surface area contributed by atoms with E-state index in [0.717, 1.165) is 18.7 Å². The Morgan fingerprint density at radius 2 is 1.89 bits per heavy atom. The molecule has 0 atom stereocenters. The maximum absolute atomic E-state index is 11.5. The summed E-state index contributed by atoms with van der Waals surface area (Å²) < 4.78 is 5.39. The van der Waals surface area contributed by atoms with Crippen molar-refractivity contribution in [3.05, 3.63) is 29.8 Å². The van der Waals surface area contributed by atoms with Crippen LogP contribution in [0.1, 0.15) is 38.2 Å². The molecule has 0 aliphatic heterocycles. The Labute approximate surface area is 110 Å². The highest BCUT2D eigenvalue weighted by Gasteiger charge is 2.01. The molecule has 1 amide bonds. The summed E-state index contributed by atoms with van der Waals surface area (Å²) in [5.74, 6) is 0.689. The number of benzene rings is 1. The van der Waals surface area contributed by atoms with Crippen LogP contribution in [-0.4, -0.2) is 19.1 Å². The summed E-state index contributed by atoms with van der Waals surface area (Å²) in [7, 11) is 0. The Hall–Kier alpha value is -1.51. The molecule has 0 heterocycles. The number of carbonyl (C=O) groups is 1. The quantitative estimate of drug-likeness (QED) is 0.719. The van der Waals surface area contributed by atoms with Crippen LogP contribution in [0, 0.1) is 6.92 Å². The number of carbonyl (C=O) groups excluding carboxylic acids is 1. The van der Waals surface area contributed by atoms with Crippen LogP contribution in [0.2, 0.25) is 0 Å². The zero-order chi connectivity index (χ0) is 13.2. The van der Waals surface area contributed by atoms with Gasteiger partial charge in [-0.25, -0.2) is 0 Å². The number of nitrogens with one attached hydrogen (secondary N) is 1. The fourth-order valence-electron chi connectivity index (χ4n) is 1.61. The maximum Gasteiger partial charge on any atom is 0.257 e. The van der Waals surface area contributed by atoms with Crippen LogP contribution in [0.25, 0.3) is 0 Å². The van der Waals surface area contributed by atoms with Gasteiger partial charge in [-0.2, -0.15) is 0 Å². The first kappa shape index (κ1) is 14.6. The molecule has 1 N–H and O–H groups in total. The maximum atomic E-state index is 11.5. The third kappa shape index (κ3) is 6.28. The Morgan fingerprint density at radius 3 is 2.56 bits per heavy atom. The molecule has 0 spiro atoms. The first-order valence-corrected chi connectivity index (χ1v) is 6.68. The number of aryl methyl sites for hydroxylation is 1. The molecule has 0 bridgehead atoms. The lowest BCUT2D eigenvalue weighted by Crippen LogP contribution is -2.29. The minimum Gasteiger partial charge on any atom is -0.484 e. The van der Waals surface area contributed by atoms with Crippen LogP contribution in [0.3, 0.4) is 0 Å². The molecule has 1 rings (SSSR count). The summed E-state index contributed by atoms with van der Waals surface area (Å²) in [6, 6.07) is 7.70. The summed E-state index contributed by atoms with van der Waals surface area (Å²) in [6.07, 6.45) is 4.67. The van der Waals surface area contributed by atoms with Crippen molar-refractivity contribution in [1.82, 2.24) is 5.32 Å². The first-order chi connectivity index (χ1) is 8.72. The molecule has 0 fully saturated rings. The molecule has 3 nitrogen and oxygen atoms in total. The van der Waals surface area contributed by atoms with E-state index in [0.29, 0.717) is 0 Å². The summed E-state index contributed by atoms with van der Waals surface area (Å²) in [4.78, 5) is 11.5. The molecule has 100 valence electrons. The molecular formula is C15H23NO2. The van der Waals surface area contributed by atoms with Gasteiger partial charge in [0.15, 0.2) is 6.61 Å². The number of hydrogen-bond acceptors (Lipinski definition) is 2. The topological polar surface area (TPSA) is 38.3 Å². The minimum atomic E-state index is -0.0490. The predicted molar refractivity (Wildman–Crippen MR) is 73.8 cm³/mol. The molecule has 0 radical (unpaired) electrons. The molecule has 3 heteroatoms. The van der Waals surface area contributed by atoms with E-state index < -0.39 is 0 Å². The van der Waals surface area contributed by atoms with E-state index in [-0.39, 0.29) is 12.5 Å². The van der Waals surface area contributed by atoms with Crippen molar-refractivity contribution < 1.29 is 9.53 Å². The van der Waals surface area contributed by atoms with Gasteiger partial charge in [-0.1, -0.05) is 43.9 Å². The monoisotopic (exact) mass is 249 g/mol. The van der Waals surface area contributed by atoms with E-state index in [1.165, 1.54) is 24.8 Å². The predicted octanol–water partition coefficient (Wildman–Crippen LogP) is 3.07. The fourth-order valence-corrected chi connectivity index (χ4v) is 1.61. The van der Waals surface area contributed by atoms with Gasteiger partial charge in [0.25, 0.3) is 5.91 Å². The van der Waals surface area contributed by atoms with E-state index >= 15 is 0 Å². The number of ether oxygens (including phenoxy) is 1. The molecule has 1 aromatic carbocycles. The second kappa shape index (κ2) is 8.56. The van der Waals surface area contributed by atoms with Gasteiger partial charge in [0.05, 0.1) is 0 Å². The Morgan fingerprint density at radius 1 is 1.17 bits per heavy atom. The van der Waals surface area contributed by atoms with Crippen molar-refractivity contribution in [3.8, 4) is 5.75 Å². The number of hydrogen-bond donors (Lipinski definition) is 1. The van der Waals surface area contributed by atoms with Gasteiger partial charge in [-0.05, 0) is 25.5 Å². The third-order valence-electron chi connectivity index (χ3n) is 2.74. The van der Waals surface area contributed by atoms with Crippen LogP contribution >= 0.6 is 0 Å². The molecule has 1 aromatic rings. The fraction of sp³-hybridized carbons (Fsp3) is 0.533. The SMILES string of the molecule is CCCCCCNC(=O)COc1ccc(C)cc1. The lowest BCUT2D eigenvalue weighted by atomic mass is 10.2. The zero-order valence-electron chi connectivity index (χ0n) is 11.4. The van der Waals surface area contributed by atoms with Crippen molar-refractivity contribution in [2.45, 2.75) is 39.5 Å². The van der Waals surface area contributed by atoms with Gasteiger partial charge in [-0.3, -0.25) is 4.79 Å². The van der Waals surface area contributed by atoms with Crippen molar-refractivity contribution in [2.75, 3.05) is 13.2 Å². The van der Waals surface area contributed by atoms with Gasteiger partial charge in [0.1, 0.15) is 5.75 Å². The van der Waals surface area contributed by atoms with Crippen LogP contribution in [-0.2, 0) is 4.79 Å². The van der Waals surface area contributed by atoms with Crippen molar-refractivity contribution in [2.24, 2.45) is 0 Å². The van der Waals surface area contributed by atoms with Crippen molar-refractivity contribution >= 4 is 5.91 Å². The van der Waals surface area contributed by atoms with Crippen molar-refractivity contribution in [1.29, 1.82) is 0 Å². The minimum absolute atomic E-state index is 0.0490. The highest BCUT2D eigenvalue weighted by molar-refractivity contribution is 5.77. The van der Waals surface area contributed by atoms with E-state index in [2.05, 4.69) is 12.2 Å². The number of rotatable bonds is 8. The highest BCUT2D eigenvalue weighted by atomic mass is 16.5. The molecule has 0 aliphatic rings. The van der Waals surface area contributed by atoms with E-state index in [1.54, 1.807) is 0 Å². The lowest BCUT2D eigenvalue weighted by Gasteiger charge is -2.07. The summed E-state index contributed by atoms with van der Waals surface area (Å²) in [5.41, 5.74) is 1.18.